The number of hydrogen-bond donors (Lipinski definition) is 7. The van der Waals surface area contributed by atoms with Crippen LogP contribution in [-0.4, -0.2) is 97.4 Å². The zero-order chi connectivity index (χ0) is 47.5. The summed E-state index contributed by atoms with van der Waals surface area (Å²) in [6.07, 6.45) is 0.0491. The van der Waals surface area contributed by atoms with E-state index < -0.39 is 47.9 Å². The molecule has 15 nitrogen and oxygen atoms in total. The van der Waals surface area contributed by atoms with Crippen molar-refractivity contribution in [3.05, 3.63) is 113 Å². The first kappa shape index (κ1) is 50.4. The van der Waals surface area contributed by atoms with Gasteiger partial charge in [-0.2, -0.15) is 0 Å². The van der Waals surface area contributed by atoms with E-state index >= 15 is 0 Å². The van der Waals surface area contributed by atoms with Crippen LogP contribution in [0.5, 0.6) is 11.5 Å². The minimum Gasteiger partial charge on any atom is -0.492 e. The number of carbonyl (C=O) groups is 4. The second-order valence-electron chi connectivity index (χ2n) is 17.2. The molecule has 4 atom stereocenters. The van der Waals surface area contributed by atoms with Crippen LogP contribution in [0.3, 0.4) is 0 Å². The third-order valence-corrected chi connectivity index (χ3v) is 10.9. The maximum atomic E-state index is 14.8. The average Bonchev–Trinajstić information content (AvgIpc) is 3.23. The number of carbonyl (C=O) groups excluding carboxylic acids is 3. The summed E-state index contributed by atoms with van der Waals surface area (Å²) < 4.78 is 12.2. The highest BCUT2D eigenvalue weighted by molar-refractivity contribution is 6.22. The van der Waals surface area contributed by atoms with Gasteiger partial charge in [-0.05, 0) is 92.6 Å². The lowest BCUT2D eigenvalue weighted by Crippen LogP contribution is -2.52. The predicted molar refractivity (Wildman–Crippen MR) is 253 cm³/mol. The Kier molecular flexibility index (Phi) is 17.6. The van der Waals surface area contributed by atoms with Crippen LogP contribution in [0.2, 0.25) is 0 Å². The van der Waals surface area contributed by atoms with E-state index in [0.29, 0.717) is 56.3 Å². The van der Waals surface area contributed by atoms with E-state index in [1.165, 1.54) is 4.90 Å². The van der Waals surface area contributed by atoms with Crippen LogP contribution >= 0.6 is 0 Å². The summed E-state index contributed by atoms with van der Waals surface area (Å²) in [5.74, 6) is -1.96. The number of fused-ring (bicyclic) bond motifs is 5. The fourth-order valence-corrected chi connectivity index (χ4v) is 7.51. The van der Waals surface area contributed by atoms with E-state index in [1.807, 2.05) is 30.3 Å². The van der Waals surface area contributed by atoms with Crippen LogP contribution in [0.4, 0.5) is 0 Å². The molecular formula is C49H66N8O7. The molecule has 1 aliphatic heterocycles. The van der Waals surface area contributed by atoms with E-state index in [9.17, 15) is 24.3 Å². The van der Waals surface area contributed by atoms with E-state index in [0.717, 1.165) is 11.1 Å². The van der Waals surface area contributed by atoms with Crippen LogP contribution in [0.15, 0.2) is 95.7 Å². The lowest BCUT2D eigenvalue weighted by Gasteiger charge is -2.35. The van der Waals surface area contributed by atoms with Crippen LogP contribution in [0.25, 0.3) is 16.8 Å². The standard InChI is InChI=1S/C49H66N8O7/c1-28(2)43(30(4)53-29(3)34-12-15-36(16-13-34)49(7,8)9)46(59)55-39(19-20-50)47(60)57(10)44-31(5)54-32(6)45(58)56-40(48(61)62)26-33-11-17-41(63-23-21-51)37(25-33)38-27-35(44)14-18-42(38)64-24-22-52/h11-18,25,27,32,39-40,44,54H,3,5,19-24,26,50-52H2,1-2,4,6-10H3,(H,55,59)(H,56,58)(H,61,62)/b53-30-/t32-,39-,40?,44?/m0/s1. The van der Waals surface area contributed by atoms with E-state index in [4.69, 9.17) is 31.7 Å². The Morgan fingerprint density at radius 2 is 1.52 bits per heavy atom. The van der Waals surface area contributed by atoms with Gasteiger partial charge in [0.1, 0.15) is 42.8 Å². The third-order valence-electron chi connectivity index (χ3n) is 10.9. The monoisotopic (exact) mass is 879 g/mol. The van der Waals surface area contributed by atoms with Gasteiger partial charge in [0.2, 0.25) is 11.8 Å². The van der Waals surface area contributed by atoms with E-state index in [1.54, 1.807) is 65.1 Å². The predicted octanol–water partition coefficient (Wildman–Crippen LogP) is 4.74. The molecule has 0 aliphatic carbocycles. The first-order valence-electron chi connectivity index (χ1n) is 21.4. The normalized spacial score (nSPS) is 17.2. The van der Waals surface area contributed by atoms with Gasteiger partial charge in [-0.25, -0.2) is 4.79 Å². The van der Waals surface area contributed by atoms with Gasteiger partial charge in [0.15, 0.2) is 0 Å². The first-order chi connectivity index (χ1) is 30.2. The summed E-state index contributed by atoms with van der Waals surface area (Å²) >= 11 is 0. The maximum Gasteiger partial charge on any atom is 0.326 e. The Labute approximate surface area is 377 Å². The molecule has 0 aromatic heterocycles. The third kappa shape index (κ3) is 12.7. The summed E-state index contributed by atoms with van der Waals surface area (Å²) in [7, 11) is 1.57. The number of amides is 3. The van der Waals surface area contributed by atoms with Gasteiger partial charge in [-0.1, -0.05) is 75.9 Å². The van der Waals surface area contributed by atoms with Crippen molar-refractivity contribution in [3.63, 3.8) is 0 Å². The first-order valence-corrected chi connectivity index (χ1v) is 21.4. The summed E-state index contributed by atoms with van der Waals surface area (Å²) in [4.78, 5) is 61.2. The van der Waals surface area contributed by atoms with Crippen molar-refractivity contribution in [3.8, 4) is 22.6 Å². The number of nitrogens with two attached hydrogens (primary N) is 3. The molecule has 0 radical (unpaired) electrons. The van der Waals surface area contributed by atoms with Crippen molar-refractivity contribution < 1.29 is 33.8 Å². The topological polar surface area (TPSA) is 237 Å². The molecule has 10 N–H and O–H groups in total. The summed E-state index contributed by atoms with van der Waals surface area (Å²) in [5, 5.41) is 18.9. The Morgan fingerprint density at radius 3 is 2.06 bits per heavy atom. The quantitative estimate of drug-likeness (QED) is 0.0766. The highest BCUT2D eigenvalue weighted by Crippen LogP contribution is 2.41. The number of aliphatic imine (C=N–C) groups is 1. The van der Waals surface area contributed by atoms with E-state index in [-0.39, 0.29) is 56.8 Å². The van der Waals surface area contributed by atoms with Gasteiger partial charge >= 0.3 is 5.97 Å². The highest BCUT2D eigenvalue weighted by Gasteiger charge is 2.34. The number of rotatable bonds is 16. The van der Waals surface area contributed by atoms with Gasteiger partial charge < -0.3 is 52.6 Å². The molecule has 15 heteroatoms. The van der Waals surface area contributed by atoms with Crippen molar-refractivity contribution in [1.82, 2.24) is 20.9 Å². The second kappa shape index (κ2) is 22.4. The van der Waals surface area contributed by atoms with Gasteiger partial charge in [0, 0.05) is 43.4 Å². The van der Waals surface area contributed by atoms with E-state index in [2.05, 4.69) is 49.9 Å². The Balaban J connectivity index is 1.80. The largest absolute Gasteiger partial charge is 0.492 e. The van der Waals surface area contributed by atoms with Crippen molar-refractivity contribution >= 4 is 35.1 Å². The van der Waals surface area contributed by atoms with Crippen LogP contribution in [0, 0.1) is 0 Å². The van der Waals surface area contributed by atoms with Crippen molar-refractivity contribution in [2.75, 3.05) is 39.9 Å². The van der Waals surface area contributed by atoms with Crippen LogP contribution in [0.1, 0.15) is 83.2 Å². The van der Waals surface area contributed by atoms with Gasteiger partial charge in [-0.15, -0.1) is 0 Å². The van der Waals surface area contributed by atoms with Crippen LogP contribution < -0.4 is 42.6 Å². The lowest BCUT2D eigenvalue weighted by molar-refractivity contribution is -0.142. The number of carboxylic acid groups (broad SMARTS) is 1. The van der Waals surface area contributed by atoms with Gasteiger partial charge in [0.05, 0.1) is 23.0 Å². The molecule has 64 heavy (non-hydrogen) atoms. The van der Waals surface area contributed by atoms with Crippen LogP contribution in [-0.2, 0) is 31.0 Å². The van der Waals surface area contributed by atoms with Gasteiger partial charge in [0.25, 0.3) is 5.91 Å². The molecule has 2 unspecified atom stereocenters. The second-order valence-corrected chi connectivity index (χ2v) is 17.2. The molecule has 3 amide bonds. The number of nitrogens with zero attached hydrogens (tertiary/aromatic N) is 2. The lowest BCUT2D eigenvalue weighted by atomic mass is 9.86. The number of aliphatic carboxylic acids is 1. The average molecular weight is 879 g/mol. The number of benzene rings is 3. The zero-order valence-electron chi connectivity index (χ0n) is 38.5. The Hall–Kier alpha value is -6.29. The molecule has 0 saturated heterocycles. The number of ether oxygens (including phenoxy) is 2. The number of nitrogens with one attached hydrogen (secondary N) is 3. The minimum absolute atomic E-state index is 0.0282. The number of allylic oxidation sites excluding steroid dienone is 1. The molecule has 1 aliphatic rings. The molecule has 0 spiro atoms. The Bertz CT molecular complexity index is 2270. The fourth-order valence-electron chi connectivity index (χ4n) is 7.51. The molecule has 3 aromatic carbocycles. The summed E-state index contributed by atoms with van der Waals surface area (Å²) in [6, 6.07) is 14.2. The highest BCUT2D eigenvalue weighted by atomic mass is 16.5. The number of hydrogen-bond acceptors (Lipinski definition) is 11. The molecule has 3 aromatic rings. The smallest absolute Gasteiger partial charge is 0.326 e. The van der Waals surface area contributed by atoms with Crippen molar-refractivity contribution in [2.24, 2.45) is 22.2 Å². The molecule has 4 rings (SSSR count). The summed E-state index contributed by atoms with van der Waals surface area (Å²) in [6.45, 7) is 22.6. The molecule has 4 bridgehead atoms. The summed E-state index contributed by atoms with van der Waals surface area (Å²) in [5.41, 5.74) is 24.1. The Morgan fingerprint density at radius 1 is 0.922 bits per heavy atom. The number of likely N-dealkylation sites (N-methyl/N-ethyl adjacent to an activating group) is 1. The molecule has 0 fully saturated rings. The van der Waals surface area contributed by atoms with Crippen molar-refractivity contribution in [2.45, 2.75) is 90.9 Å². The van der Waals surface area contributed by atoms with Crippen molar-refractivity contribution in [1.29, 1.82) is 0 Å². The SMILES string of the molecule is C=C(/N=C(/C)C(C(=O)N[C@@H](CCN)C(=O)N(C)C1C(=C)N[C@@H](C)C(=O)NC(C(=O)O)Cc2ccc(OCCN)c(c2)-c2cc1ccc2OCCN)=C(C)C)c1ccc(C(C)(C)C)cc1. The zero-order valence-corrected chi connectivity index (χ0v) is 38.5. The molecule has 1 heterocycles. The molecular weight excluding hydrogens is 813 g/mol. The maximum absolute atomic E-state index is 14.8. The molecule has 344 valence electrons. The van der Waals surface area contributed by atoms with Gasteiger partial charge in [-0.3, -0.25) is 19.4 Å². The fraction of sp³-hybridized carbons (Fsp3) is 0.408. The molecule has 0 saturated carbocycles. The minimum atomic E-state index is -1.28. The number of carboxylic acids is 1.